The Balaban J connectivity index is 1.14. The topological polar surface area (TPSA) is 436 Å². The number of aliphatic hydroxyl groups excluding tert-OH is 1. The van der Waals surface area contributed by atoms with Crippen LogP contribution in [0.5, 0.6) is 0 Å². The van der Waals surface area contributed by atoms with Gasteiger partial charge >= 0.3 is 23.9 Å². The van der Waals surface area contributed by atoms with Gasteiger partial charge in [0.25, 0.3) is 0 Å². The van der Waals surface area contributed by atoms with Crippen LogP contribution in [-0.2, 0) is 77.2 Å². The summed E-state index contributed by atoms with van der Waals surface area (Å²) in [6.45, 7) is 7.29. The number of carboxylic acid groups (broad SMARTS) is 3. The quantitative estimate of drug-likeness (QED) is 0.0576. The lowest BCUT2D eigenvalue weighted by atomic mass is 10.0. The summed E-state index contributed by atoms with van der Waals surface area (Å²) in [6, 6.07) is 6.82. The molecule has 10 amide bonds. The molecule has 5 aliphatic rings. The first kappa shape index (κ1) is 81.6. The minimum Gasteiger partial charge on any atom is -0.480 e. The first-order valence-corrected chi connectivity index (χ1v) is 37.5. The van der Waals surface area contributed by atoms with Crippen molar-refractivity contribution in [3.05, 3.63) is 70.8 Å². The van der Waals surface area contributed by atoms with Gasteiger partial charge in [0.05, 0.1) is 38.3 Å². The van der Waals surface area contributed by atoms with Crippen molar-refractivity contribution in [1.82, 2.24) is 71.1 Å². The van der Waals surface area contributed by atoms with Gasteiger partial charge in [-0.25, -0.2) is 4.79 Å². The fourth-order valence-corrected chi connectivity index (χ4v) is 15.3. The first-order valence-electron chi connectivity index (χ1n) is 35.2. The van der Waals surface area contributed by atoms with E-state index in [4.69, 9.17) is 11.5 Å². The molecular formula is C68H104N16O16S2. The highest BCUT2D eigenvalue weighted by atomic mass is 32.2. The summed E-state index contributed by atoms with van der Waals surface area (Å²) in [6.07, 6.45) is 1.36. The van der Waals surface area contributed by atoms with Crippen LogP contribution < -0.4 is 43.4 Å². The van der Waals surface area contributed by atoms with Gasteiger partial charge in [-0.05, 0) is 74.1 Å². The maximum atomic E-state index is 14.9. The van der Waals surface area contributed by atoms with Gasteiger partial charge in [-0.2, -0.15) is 23.5 Å². The van der Waals surface area contributed by atoms with Crippen molar-refractivity contribution < 1.29 is 78.0 Å². The summed E-state index contributed by atoms with van der Waals surface area (Å²) in [7, 11) is 0. The smallest absolute Gasteiger partial charge is 0.317 e. The second kappa shape index (κ2) is 41.6. The first-order chi connectivity index (χ1) is 48.8. The monoisotopic (exact) mass is 1460 g/mol. The molecule has 0 aliphatic carbocycles. The average molecular weight is 1470 g/mol. The molecule has 2 aromatic rings. The minimum atomic E-state index is -1.54. The fourth-order valence-electron chi connectivity index (χ4n) is 13.3. The number of carboxylic acids is 3. The van der Waals surface area contributed by atoms with Crippen LogP contribution in [0.3, 0.4) is 0 Å². The van der Waals surface area contributed by atoms with Gasteiger partial charge in [0, 0.05) is 147 Å². The number of hydrogen-bond acceptors (Lipinski definition) is 21. The molecule has 564 valence electrons. The highest BCUT2D eigenvalue weighted by Crippen LogP contribution is 2.28. The molecule has 2 aromatic carbocycles. The normalized spacial score (nSPS) is 24.4. The van der Waals surface area contributed by atoms with Crippen molar-refractivity contribution in [2.45, 2.75) is 138 Å². The van der Waals surface area contributed by atoms with E-state index in [0.29, 0.717) is 83.1 Å². The number of rotatable bonds is 21. The van der Waals surface area contributed by atoms with E-state index >= 15 is 0 Å². The van der Waals surface area contributed by atoms with Crippen LogP contribution in [0.4, 0.5) is 4.79 Å². The van der Waals surface area contributed by atoms with Gasteiger partial charge in [0.1, 0.15) is 30.2 Å². The Morgan fingerprint density at radius 1 is 0.618 bits per heavy atom. The van der Waals surface area contributed by atoms with E-state index < -0.39 is 114 Å². The molecule has 34 heteroatoms. The number of nitrogens with one attached hydrogen (secondary N) is 6. The number of nitrogens with zero attached hydrogens (tertiary/aromatic N) is 8. The lowest BCUT2D eigenvalue weighted by Gasteiger charge is -2.37. The number of fused-ring (bicyclic) bond motifs is 4. The lowest BCUT2D eigenvalue weighted by molar-refractivity contribution is -0.147. The third-order valence-electron chi connectivity index (χ3n) is 18.8. The number of aliphatic carboxylic acids is 3. The summed E-state index contributed by atoms with van der Waals surface area (Å²) in [5.74, 6) is -7.03. The Morgan fingerprint density at radius 2 is 1.16 bits per heavy atom. The maximum absolute atomic E-state index is 14.9. The van der Waals surface area contributed by atoms with Crippen molar-refractivity contribution in [3.8, 4) is 0 Å². The summed E-state index contributed by atoms with van der Waals surface area (Å²) < 4.78 is 0. The number of primary amides is 2. The van der Waals surface area contributed by atoms with Crippen molar-refractivity contribution in [2.24, 2.45) is 11.5 Å². The number of nitrogens with two attached hydrogens (primary N) is 2. The Labute approximate surface area is 603 Å². The summed E-state index contributed by atoms with van der Waals surface area (Å²) in [4.78, 5) is 175. The van der Waals surface area contributed by atoms with Crippen LogP contribution in [0.2, 0.25) is 0 Å². The number of carbonyl (C=O) groups excluding carboxylic acids is 9. The van der Waals surface area contributed by atoms with E-state index in [0.717, 1.165) is 28.7 Å². The van der Waals surface area contributed by atoms with Crippen LogP contribution in [0.1, 0.15) is 87.5 Å². The Morgan fingerprint density at radius 3 is 1.70 bits per heavy atom. The van der Waals surface area contributed by atoms with Crippen LogP contribution in [-0.4, -0.2) is 322 Å². The Bertz CT molecular complexity index is 3160. The van der Waals surface area contributed by atoms with Crippen molar-refractivity contribution in [3.63, 3.8) is 0 Å². The second-order valence-electron chi connectivity index (χ2n) is 26.9. The number of thioether (sulfide) groups is 2. The molecule has 5 aliphatic heterocycles. The number of unbranched alkanes of at least 4 members (excludes halogenated alkanes) is 1. The SMILES string of the molecule is CCCCNC(=O)N[C@H]1CSCc2cc(cc(CN3CCN(C(=O)CN4CCN(CC(=O)O)CCN(CC(=O)O)CCN(CC(=O)O)CC4)CC3)c2)CSC[C@@H](C(N)=O)NC(=O)[C@H](Cc2ccccc2)NC[C@H](CCC(N)=O)NC(=O)[C@H]([C@@H](C)O)NC(=O)[C@@H]2CCCN2C(=O)[C@@H]2CCCN2C1=O. The second-order valence-corrected chi connectivity index (χ2v) is 28.9. The van der Waals surface area contributed by atoms with Crippen LogP contribution in [0.15, 0.2) is 48.5 Å². The van der Waals surface area contributed by atoms with Gasteiger partial charge in [-0.15, -0.1) is 0 Å². The Kier molecular flexibility index (Phi) is 33.2. The predicted octanol–water partition coefficient (Wildman–Crippen LogP) is -2.48. The maximum Gasteiger partial charge on any atom is 0.317 e. The van der Waals surface area contributed by atoms with Crippen molar-refractivity contribution in [2.75, 3.05) is 142 Å². The molecule has 5 heterocycles. The van der Waals surface area contributed by atoms with Gasteiger partial charge in [0.15, 0.2) is 0 Å². The molecule has 102 heavy (non-hydrogen) atoms. The average Bonchev–Trinajstić information content (AvgIpc) is 1.64. The molecule has 7 rings (SSSR count). The van der Waals surface area contributed by atoms with Gasteiger partial charge in [-0.1, -0.05) is 61.9 Å². The van der Waals surface area contributed by atoms with E-state index in [9.17, 15) is 78.0 Å². The lowest BCUT2D eigenvalue weighted by Crippen LogP contribution is -2.60. The van der Waals surface area contributed by atoms with Gasteiger partial charge < -0.3 is 78.5 Å². The van der Waals surface area contributed by atoms with E-state index in [-0.39, 0.29) is 135 Å². The molecular weight excluding hydrogens is 1360 g/mol. The molecule has 8 atom stereocenters. The van der Waals surface area contributed by atoms with E-state index in [1.807, 2.05) is 42.2 Å². The number of amides is 10. The number of piperazine rings is 1. The molecule has 4 saturated heterocycles. The zero-order chi connectivity index (χ0) is 73.8. The molecule has 0 saturated carbocycles. The molecule has 2 bridgehead atoms. The van der Waals surface area contributed by atoms with E-state index in [1.165, 1.54) is 40.2 Å². The number of aliphatic hydroxyl groups is 1. The summed E-state index contributed by atoms with van der Waals surface area (Å²) >= 11 is 2.75. The fraction of sp³-hybridized carbons (Fsp3) is 0.647. The highest BCUT2D eigenvalue weighted by Gasteiger charge is 2.45. The molecule has 0 aromatic heterocycles. The molecule has 4 fully saturated rings. The summed E-state index contributed by atoms with van der Waals surface area (Å²) in [5.41, 5.74) is 15.0. The Hall–Kier alpha value is -7.70. The largest absolute Gasteiger partial charge is 0.480 e. The number of carbonyl (C=O) groups is 12. The van der Waals surface area contributed by atoms with Crippen LogP contribution >= 0.6 is 23.5 Å². The molecule has 32 nitrogen and oxygen atoms in total. The molecule has 0 radical (unpaired) electrons. The predicted molar refractivity (Wildman–Crippen MR) is 381 cm³/mol. The number of hydrogen-bond donors (Lipinski definition) is 12. The van der Waals surface area contributed by atoms with Gasteiger partial charge in [-0.3, -0.25) is 77.2 Å². The summed E-state index contributed by atoms with van der Waals surface area (Å²) in [5, 5.41) is 57.4. The van der Waals surface area contributed by atoms with Crippen molar-refractivity contribution >= 4 is 94.7 Å². The minimum absolute atomic E-state index is 0.00592. The third kappa shape index (κ3) is 26.8. The standard InChI is InChI=1S/C68H104N16O16S2/c1-3-4-16-71-68(100)75-53-44-102-42-49-32-47(36-77-27-29-82(30-28-77)57(87)37-78-19-21-79(38-58(88)89)23-25-81(40-60(92)93)26-24-80(22-20-78)39-59(90)91)31-48(33-49)41-101-43-52(62(70)94)74-63(95)51(34-46-10-6-5-7-11-46)72-35-50(14-15-56(69)86)73-65(97)61(45(2)85)76-64(96)54-12-8-17-83(54)67(99)55-13-9-18-84(55)66(53)98/h5-7,10-11,31-33,45,50-55,61,72,85H,3-4,8-9,12-30,34-44H2,1-2H3,(H2,69,86)(H2,70,94)(H,73,97)(H,74,95)(H,76,96)(H,88,89)(H,90,91)(H,92,93)(H2,71,75,100)/t45-,50+,51+,52+,53+,54+,55+,61+/m1/s1. The zero-order valence-corrected chi connectivity index (χ0v) is 60.1. The molecule has 0 spiro atoms. The van der Waals surface area contributed by atoms with Gasteiger partial charge in [0.2, 0.25) is 47.3 Å². The van der Waals surface area contributed by atoms with Crippen LogP contribution in [0.25, 0.3) is 0 Å². The van der Waals surface area contributed by atoms with Crippen molar-refractivity contribution in [1.29, 1.82) is 0 Å². The number of urea groups is 1. The van der Waals surface area contributed by atoms with Crippen LogP contribution in [0, 0.1) is 0 Å². The highest BCUT2D eigenvalue weighted by molar-refractivity contribution is 7.98. The third-order valence-corrected chi connectivity index (χ3v) is 21.0. The molecule has 14 N–H and O–H groups in total. The molecule has 0 unspecified atom stereocenters. The van der Waals surface area contributed by atoms with E-state index in [1.54, 1.807) is 31.7 Å². The number of benzene rings is 2. The zero-order valence-electron chi connectivity index (χ0n) is 58.5. The van der Waals surface area contributed by atoms with E-state index in [2.05, 4.69) is 42.9 Å².